The van der Waals surface area contributed by atoms with Crippen molar-refractivity contribution < 1.29 is 9.59 Å². The van der Waals surface area contributed by atoms with Crippen molar-refractivity contribution in [2.75, 3.05) is 18.4 Å². The van der Waals surface area contributed by atoms with Gasteiger partial charge in [-0.1, -0.05) is 30.3 Å². The Morgan fingerprint density at radius 3 is 2.41 bits per heavy atom. The molecule has 0 saturated carbocycles. The van der Waals surface area contributed by atoms with Gasteiger partial charge >= 0.3 is 0 Å². The Bertz CT molecular complexity index is 1110. The summed E-state index contributed by atoms with van der Waals surface area (Å²) in [5.41, 5.74) is 2.27. The van der Waals surface area contributed by atoms with E-state index in [9.17, 15) is 14.4 Å². The molecule has 3 aromatic rings. The minimum Gasteiger partial charge on any atom is -0.339 e. The fourth-order valence-electron chi connectivity index (χ4n) is 3.42. The number of nitrogens with one attached hydrogen (secondary N) is 1. The zero-order chi connectivity index (χ0) is 21.0. The number of carbonyl (C=O) groups excluding carboxylic acids is 2. The topological polar surface area (TPSA) is 71.4 Å². The highest BCUT2D eigenvalue weighted by atomic mass is 16.2. The van der Waals surface area contributed by atoms with Gasteiger partial charge in [0.1, 0.15) is 6.54 Å². The third-order valence-electron chi connectivity index (χ3n) is 4.90. The van der Waals surface area contributed by atoms with Crippen molar-refractivity contribution in [1.82, 2.24) is 9.47 Å². The second kappa shape index (κ2) is 8.73. The summed E-state index contributed by atoms with van der Waals surface area (Å²) in [6.07, 6.45) is 0. The molecule has 0 aliphatic heterocycles. The van der Waals surface area contributed by atoms with Crippen LogP contribution in [0.2, 0.25) is 0 Å². The van der Waals surface area contributed by atoms with Crippen molar-refractivity contribution >= 4 is 28.4 Å². The molecule has 1 aromatic heterocycles. The summed E-state index contributed by atoms with van der Waals surface area (Å²) in [5.74, 6) is -0.481. The lowest BCUT2D eigenvalue weighted by atomic mass is 10.1. The van der Waals surface area contributed by atoms with E-state index in [0.717, 1.165) is 5.56 Å². The van der Waals surface area contributed by atoms with Gasteiger partial charge in [0.2, 0.25) is 5.91 Å². The van der Waals surface area contributed by atoms with E-state index in [4.69, 9.17) is 0 Å². The van der Waals surface area contributed by atoms with Crippen LogP contribution in [0, 0.1) is 6.92 Å². The van der Waals surface area contributed by atoms with Gasteiger partial charge in [0.25, 0.3) is 11.5 Å². The lowest BCUT2D eigenvalue weighted by Gasteiger charge is -2.20. The molecule has 0 radical (unpaired) electrons. The number of fused-ring (bicyclic) bond motifs is 1. The summed E-state index contributed by atoms with van der Waals surface area (Å²) in [7, 11) is 0. The van der Waals surface area contributed by atoms with Crippen molar-refractivity contribution in [2.24, 2.45) is 0 Å². The molecule has 2 amide bonds. The molecule has 150 valence electrons. The van der Waals surface area contributed by atoms with Gasteiger partial charge in [0, 0.05) is 30.2 Å². The number of amides is 2. The van der Waals surface area contributed by atoms with Gasteiger partial charge in [-0.05, 0) is 44.5 Å². The van der Waals surface area contributed by atoms with E-state index in [2.05, 4.69) is 5.32 Å². The Kier molecular flexibility index (Phi) is 6.12. The number of aryl methyl sites for hydroxylation is 1. The molecule has 0 bridgehead atoms. The van der Waals surface area contributed by atoms with Gasteiger partial charge < -0.3 is 10.2 Å². The minimum absolute atomic E-state index is 0.132. The molecule has 29 heavy (non-hydrogen) atoms. The third-order valence-corrected chi connectivity index (χ3v) is 4.90. The van der Waals surface area contributed by atoms with E-state index in [-0.39, 0.29) is 23.9 Å². The Labute approximate surface area is 169 Å². The molecular formula is C23H25N3O3. The van der Waals surface area contributed by atoms with Crippen LogP contribution in [0.15, 0.2) is 59.4 Å². The van der Waals surface area contributed by atoms with E-state index < -0.39 is 0 Å². The molecular weight excluding hydrogens is 366 g/mol. The number of benzene rings is 2. The first-order valence-corrected chi connectivity index (χ1v) is 9.73. The fraction of sp³-hybridized carbons (Fsp3) is 0.261. The molecule has 0 aliphatic carbocycles. The molecule has 0 atom stereocenters. The van der Waals surface area contributed by atoms with E-state index in [0.29, 0.717) is 35.2 Å². The standard InChI is InChI=1S/C23H25N3O3/c1-4-25(5-2)23(29)19-14-22(28)26(20-12-7-6-11-18(19)20)15-21(27)24-17-10-8-9-16(3)13-17/h6-14H,4-5,15H2,1-3H3,(H,24,27). The summed E-state index contributed by atoms with van der Waals surface area (Å²) in [6.45, 7) is 6.74. The quantitative estimate of drug-likeness (QED) is 0.700. The molecule has 0 aliphatic rings. The number of anilines is 1. The van der Waals surface area contributed by atoms with Gasteiger partial charge in [-0.2, -0.15) is 0 Å². The molecule has 6 nitrogen and oxygen atoms in total. The van der Waals surface area contributed by atoms with Crippen LogP contribution < -0.4 is 10.9 Å². The summed E-state index contributed by atoms with van der Waals surface area (Å²) in [4.78, 5) is 39.9. The van der Waals surface area contributed by atoms with Crippen LogP contribution in [0.5, 0.6) is 0 Å². The lowest BCUT2D eigenvalue weighted by Crippen LogP contribution is -2.33. The molecule has 0 unspecified atom stereocenters. The van der Waals surface area contributed by atoms with Gasteiger partial charge in [0.05, 0.1) is 11.1 Å². The van der Waals surface area contributed by atoms with Crippen molar-refractivity contribution in [3.05, 3.63) is 76.1 Å². The Morgan fingerprint density at radius 2 is 1.72 bits per heavy atom. The average Bonchev–Trinajstić information content (AvgIpc) is 2.70. The van der Waals surface area contributed by atoms with Crippen LogP contribution in [0.4, 0.5) is 5.69 Å². The molecule has 0 saturated heterocycles. The number of nitrogens with zero attached hydrogens (tertiary/aromatic N) is 2. The number of carbonyl (C=O) groups is 2. The van der Waals surface area contributed by atoms with Crippen LogP contribution in [0.1, 0.15) is 29.8 Å². The second-order valence-corrected chi connectivity index (χ2v) is 6.89. The SMILES string of the molecule is CCN(CC)C(=O)c1cc(=O)n(CC(=O)Nc2cccc(C)c2)c2ccccc12. The number of aromatic nitrogens is 1. The number of pyridine rings is 1. The predicted octanol–water partition coefficient (Wildman–Crippen LogP) is 3.43. The maximum Gasteiger partial charge on any atom is 0.254 e. The molecule has 0 spiro atoms. The van der Waals surface area contributed by atoms with Crippen LogP contribution in [0.25, 0.3) is 10.9 Å². The van der Waals surface area contributed by atoms with Crippen LogP contribution in [-0.2, 0) is 11.3 Å². The molecule has 1 N–H and O–H groups in total. The van der Waals surface area contributed by atoms with Crippen molar-refractivity contribution in [3.63, 3.8) is 0 Å². The average molecular weight is 391 g/mol. The van der Waals surface area contributed by atoms with Crippen molar-refractivity contribution in [3.8, 4) is 0 Å². The second-order valence-electron chi connectivity index (χ2n) is 6.89. The summed E-state index contributed by atoms with van der Waals surface area (Å²) in [5, 5.41) is 3.48. The summed E-state index contributed by atoms with van der Waals surface area (Å²) in [6, 6.07) is 16.0. The maximum atomic E-state index is 12.9. The zero-order valence-corrected chi connectivity index (χ0v) is 16.9. The largest absolute Gasteiger partial charge is 0.339 e. The molecule has 0 fully saturated rings. The first-order valence-electron chi connectivity index (χ1n) is 9.73. The van der Waals surface area contributed by atoms with Crippen LogP contribution in [0.3, 0.4) is 0 Å². The van der Waals surface area contributed by atoms with E-state index in [1.807, 2.05) is 45.0 Å². The van der Waals surface area contributed by atoms with Gasteiger partial charge in [-0.3, -0.25) is 19.0 Å². The smallest absolute Gasteiger partial charge is 0.254 e. The van der Waals surface area contributed by atoms with E-state index in [1.54, 1.807) is 29.2 Å². The maximum absolute atomic E-state index is 12.9. The third kappa shape index (κ3) is 4.37. The molecule has 3 rings (SSSR count). The molecule has 2 aromatic carbocycles. The van der Waals surface area contributed by atoms with Crippen LogP contribution >= 0.6 is 0 Å². The first-order chi connectivity index (χ1) is 13.9. The monoisotopic (exact) mass is 391 g/mol. The number of hydrogen-bond donors (Lipinski definition) is 1. The number of para-hydroxylation sites is 1. The highest BCUT2D eigenvalue weighted by Gasteiger charge is 2.19. The van der Waals surface area contributed by atoms with Gasteiger partial charge in [-0.25, -0.2) is 0 Å². The molecule has 6 heteroatoms. The predicted molar refractivity (Wildman–Crippen MR) is 115 cm³/mol. The van der Waals surface area contributed by atoms with Crippen molar-refractivity contribution in [1.29, 1.82) is 0 Å². The van der Waals surface area contributed by atoms with Crippen molar-refractivity contribution in [2.45, 2.75) is 27.3 Å². The first kappa shape index (κ1) is 20.3. The van der Waals surface area contributed by atoms with Gasteiger partial charge in [-0.15, -0.1) is 0 Å². The Balaban J connectivity index is 1.98. The highest BCUT2D eigenvalue weighted by molar-refractivity contribution is 6.06. The highest BCUT2D eigenvalue weighted by Crippen LogP contribution is 2.19. The minimum atomic E-state index is -0.376. The summed E-state index contributed by atoms with van der Waals surface area (Å²) < 4.78 is 1.40. The molecule has 1 heterocycles. The fourth-order valence-corrected chi connectivity index (χ4v) is 3.42. The van der Waals surface area contributed by atoms with Gasteiger partial charge in [0.15, 0.2) is 0 Å². The normalized spacial score (nSPS) is 10.7. The Hall–Kier alpha value is -3.41. The Morgan fingerprint density at radius 1 is 1.00 bits per heavy atom. The number of rotatable bonds is 6. The van der Waals surface area contributed by atoms with E-state index >= 15 is 0 Å². The summed E-state index contributed by atoms with van der Waals surface area (Å²) >= 11 is 0. The number of hydrogen-bond acceptors (Lipinski definition) is 3. The lowest BCUT2D eigenvalue weighted by molar-refractivity contribution is -0.116. The van der Waals surface area contributed by atoms with Crippen LogP contribution in [-0.4, -0.2) is 34.4 Å². The zero-order valence-electron chi connectivity index (χ0n) is 16.9. The van der Waals surface area contributed by atoms with E-state index in [1.165, 1.54) is 10.6 Å².